The molecular weight excluding hydrogens is 226 g/mol. The second kappa shape index (κ2) is 4.85. The predicted octanol–water partition coefficient (Wildman–Crippen LogP) is 2.53. The van der Waals surface area contributed by atoms with E-state index in [0.717, 1.165) is 0 Å². The number of hydrogen-bond acceptors (Lipinski definition) is 3. The Morgan fingerprint density at radius 1 is 1.44 bits per heavy atom. The molecule has 16 heavy (non-hydrogen) atoms. The molecule has 3 nitrogen and oxygen atoms in total. The van der Waals surface area contributed by atoms with Gasteiger partial charge >= 0.3 is 0 Å². The topological polar surface area (TPSA) is 38.3 Å². The lowest BCUT2D eigenvalue weighted by Gasteiger charge is -2.22. The largest absolute Gasteiger partial charge is 0.495 e. The van der Waals surface area contributed by atoms with Crippen molar-refractivity contribution < 1.29 is 9.53 Å². The first-order valence-corrected chi connectivity index (χ1v) is 5.37. The van der Waals surface area contributed by atoms with Gasteiger partial charge in [-0.3, -0.25) is 4.79 Å². The van der Waals surface area contributed by atoms with Crippen LogP contribution in [0.25, 0.3) is 0 Å². The van der Waals surface area contributed by atoms with Crippen LogP contribution in [0.2, 0.25) is 5.02 Å². The quantitative estimate of drug-likeness (QED) is 0.824. The van der Waals surface area contributed by atoms with Gasteiger partial charge in [0.1, 0.15) is 5.75 Å². The Kier molecular flexibility index (Phi) is 3.94. The fourth-order valence-corrected chi connectivity index (χ4v) is 1.54. The number of methoxy groups -OCH3 is 1. The van der Waals surface area contributed by atoms with E-state index >= 15 is 0 Å². The van der Waals surface area contributed by atoms with Crippen LogP contribution < -0.4 is 10.1 Å². The van der Waals surface area contributed by atoms with Crippen LogP contribution in [0, 0.1) is 0 Å². The fraction of sp³-hybridized carbons (Fsp3) is 0.417. The third-order valence-corrected chi connectivity index (χ3v) is 2.90. The second-order valence-corrected chi connectivity index (χ2v) is 4.46. The van der Waals surface area contributed by atoms with Crippen LogP contribution in [-0.2, 0) is 0 Å². The van der Waals surface area contributed by atoms with Gasteiger partial charge in [0, 0.05) is 5.56 Å². The molecule has 0 radical (unpaired) electrons. The van der Waals surface area contributed by atoms with Gasteiger partial charge < -0.3 is 10.1 Å². The minimum atomic E-state index is -0.599. The van der Waals surface area contributed by atoms with Gasteiger partial charge in [-0.05, 0) is 39.1 Å². The van der Waals surface area contributed by atoms with E-state index in [0.29, 0.717) is 16.3 Å². The monoisotopic (exact) mass is 241 g/mol. The normalized spacial score (nSPS) is 11.3. The summed E-state index contributed by atoms with van der Waals surface area (Å²) in [6, 6.07) is 5.04. The van der Waals surface area contributed by atoms with Crippen molar-refractivity contribution in [3.8, 4) is 5.75 Å². The number of benzene rings is 1. The minimum absolute atomic E-state index is 0.000414. The average molecular weight is 242 g/mol. The highest BCUT2D eigenvalue weighted by Crippen LogP contribution is 2.26. The number of rotatable bonds is 4. The van der Waals surface area contributed by atoms with Gasteiger partial charge in [0.25, 0.3) is 0 Å². The van der Waals surface area contributed by atoms with Gasteiger partial charge in [-0.15, -0.1) is 0 Å². The molecule has 0 aliphatic heterocycles. The molecule has 0 atom stereocenters. The molecule has 4 heteroatoms. The van der Waals surface area contributed by atoms with Crippen molar-refractivity contribution in [1.82, 2.24) is 5.32 Å². The Morgan fingerprint density at radius 3 is 2.50 bits per heavy atom. The van der Waals surface area contributed by atoms with E-state index in [-0.39, 0.29) is 5.78 Å². The van der Waals surface area contributed by atoms with Crippen molar-refractivity contribution in [3.63, 3.8) is 0 Å². The van der Waals surface area contributed by atoms with E-state index in [1.54, 1.807) is 32.4 Å². The van der Waals surface area contributed by atoms with Crippen molar-refractivity contribution in [3.05, 3.63) is 28.8 Å². The third kappa shape index (κ3) is 2.54. The van der Waals surface area contributed by atoms with Crippen molar-refractivity contribution in [2.24, 2.45) is 0 Å². The van der Waals surface area contributed by atoms with Gasteiger partial charge in [0.2, 0.25) is 0 Å². The van der Waals surface area contributed by atoms with Gasteiger partial charge in [-0.1, -0.05) is 11.6 Å². The fourth-order valence-electron chi connectivity index (χ4n) is 1.28. The summed E-state index contributed by atoms with van der Waals surface area (Å²) in [6.45, 7) is 3.65. The molecule has 0 saturated carbocycles. The minimum Gasteiger partial charge on any atom is -0.495 e. The molecule has 88 valence electrons. The molecule has 1 N–H and O–H groups in total. The van der Waals surface area contributed by atoms with E-state index in [9.17, 15) is 4.79 Å². The van der Waals surface area contributed by atoms with Gasteiger partial charge in [-0.2, -0.15) is 0 Å². The van der Waals surface area contributed by atoms with E-state index < -0.39 is 5.54 Å². The molecule has 0 aliphatic rings. The van der Waals surface area contributed by atoms with Crippen molar-refractivity contribution >= 4 is 17.4 Å². The molecule has 0 bridgehead atoms. The highest BCUT2D eigenvalue weighted by molar-refractivity contribution is 6.32. The summed E-state index contributed by atoms with van der Waals surface area (Å²) in [4.78, 5) is 12.1. The molecule has 0 heterocycles. The molecular formula is C12H16ClNO2. The van der Waals surface area contributed by atoms with Crippen molar-refractivity contribution in [1.29, 1.82) is 0 Å². The number of nitrogens with one attached hydrogen (secondary N) is 1. The highest BCUT2D eigenvalue weighted by Gasteiger charge is 2.26. The summed E-state index contributed by atoms with van der Waals surface area (Å²) >= 11 is 5.97. The Bertz CT molecular complexity index is 402. The molecule has 1 rings (SSSR count). The van der Waals surface area contributed by atoms with Crippen LogP contribution in [-0.4, -0.2) is 25.5 Å². The van der Waals surface area contributed by atoms with Crippen LogP contribution in [0.3, 0.4) is 0 Å². The maximum absolute atomic E-state index is 12.1. The number of carbonyl (C=O) groups excluding carboxylic acids is 1. The Labute approximate surface area is 101 Å². The van der Waals surface area contributed by atoms with Crippen molar-refractivity contribution in [2.75, 3.05) is 14.2 Å². The first kappa shape index (κ1) is 13.0. The maximum atomic E-state index is 12.1. The lowest BCUT2D eigenvalue weighted by atomic mass is 9.93. The number of ether oxygens (including phenoxy) is 1. The third-order valence-electron chi connectivity index (χ3n) is 2.61. The molecule has 0 spiro atoms. The number of halogens is 1. The second-order valence-electron chi connectivity index (χ2n) is 4.05. The van der Waals surface area contributed by atoms with Crippen LogP contribution in [0.15, 0.2) is 18.2 Å². The Hall–Kier alpha value is -1.06. The van der Waals surface area contributed by atoms with E-state index in [2.05, 4.69) is 5.32 Å². The maximum Gasteiger partial charge on any atom is 0.182 e. The number of likely N-dealkylation sites (N-methyl/N-ethyl adjacent to an activating group) is 1. The standard InChI is InChI=1S/C12H16ClNO2/c1-12(2,14-3)11(15)8-5-6-10(16-4)9(13)7-8/h5-7,14H,1-4H3. The van der Waals surface area contributed by atoms with Crippen LogP contribution >= 0.6 is 11.6 Å². The molecule has 1 aromatic carbocycles. The Morgan fingerprint density at radius 2 is 2.06 bits per heavy atom. The van der Waals surface area contributed by atoms with E-state index in [1.807, 2.05) is 13.8 Å². The predicted molar refractivity (Wildman–Crippen MR) is 65.5 cm³/mol. The Balaban J connectivity index is 3.07. The van der Waals surface area contributed by atoms with Gasteiger partial charge in [0.15, 0.2) is 5.78 Å². The number of ketones is 1. The smallest absolute Gasteiger partial charge is 0.182 e. The molecule has 0 saturated heterocycles. The molecule has 0 aromatic heterocycles. The highest BCUT2D eigenvalue weighted by atomic mass is 35.5. The zero-order chi connectivity index (χ0) is 12.3. The van der Waals surface area contributed by atoms with Crippen LogP contribution in [0.1, 0.15) is 24.2 Å². The van der Waals surface area contributed by atoms with Crippen LogP contribution in [0.5, 0.6) is 5.75 Å². The average Bonchev–Trinajstić information content (AvgIpc) is 2.27. The number of hydrogen-bond donors (Lipinski definition) is 1. The summed E-state index contributed by atoms with van der Waals surface area (Å²) in [5, 5.41) is 3.41. The SMILES string of the molecule is CNC(C)(C)C(=O)c1ccc(OC)c(Cl)c1. The van der Waals surface area contributed by atoms with Crippen LogP contribution in [0.4, 0.5) is 0 Å². The van der Waals surface area contributed by atoms with Gasteiger partial charge in [-0.25, -0.2) is 0 Å². The van der Waals surface area contributed by atoms with Crippen molar-refractivity contribution in [2.45, 2.75) is 19.4 Å². The lowest BCUT2D eigenvalue weighted by Crippen LogP contribution is -2.44. The molecule has 0 amide bonds. The molecule has 0 fully saturated rings. The summed E-state index contributed by atoms with van der Waals surface area (Å²) in [5.41, 5.74) is -0.0251. The molecule has 1 aromatic rings. The summed E-state index contributed by atoms with van der Waals surface area (Å²) < 4.78 is 5.03. The number of carbonyl (C=O) groups is 1. The van der Waals surface area contributed by atoms with Gasteiger partial charge in [0.05, 0.1) is 17.7 Å². The zero-order valence-corrected chi connectivity index (χ0v) is 10.7. The first-order chi connectivity index (χ1) is 7.42. The first-order valence-electron chi connectivity index (χ1n) is 4.99. The van der Waals surface area contributed by atoms with E-state index in [1.165, 1.54) is 0 Å². The summed E-state index contributed by atoms with van der Waals surface area (Å²) in [7, 11) is 3.29. The molecule has 0 unspecified atom stereocenters. The van der Waals surface area contributed by atoms with E-state index in [4.69, 9.17) is 16.3 Å². The summed E-state index contributed by atoms with van der Waals surface area (Å²) in [5.74, 6) is 0.569. The molecule has 0 aliphatic carbocycles. The zero-order valence-electron chi connectivity index (χ0n) is 9.93. The lowest BCUT2D eigenvalue weighted by molar-refractivity contribution is 0.0889. The summed E-state index contributed by atoms with van der Waals surface area (Å²) in [6.07, 6.45) is 0. The number of Topliss-reactive ketones (excluding diaryl/α,β-unsaturated/α-hetero) is 1.